The number of nitrogens with one attached hydrogen (secondary N) is 1. The van der Waals surface area contributed by atoms with E-state index >= 15 is 0 Å². The summed E-state index contributed by atoms with van der Waals surface area (Å²) in [7, 11) is -3.45. The SMILES string of the molecule is Nc1nc(NC2CCN(S(=O)(=O)CCCN(CCO)CCO)CC2)sc1C(=O)c1c(F)cccc1F. The Morgan fingerprint density at radius 2 is 1.78 bits per heavy atom. The normalized spacial score (nSPS) is 15.5. The molecule has 200 valence electrons. The van der Waals surface area contributed by atoms with E-state index in [1.165, 1.54) is 10.4 Å². The molecule has 1 aliphatic rings. The molecule has 0 radical (unpaired) electrons. The molecule has 5 N–H and O–H groups in total. The first kappa shape index (κ1) is 28.3. The Morgan fingerprint density at radius 1 is 1.17 bits per heavy atom. The third kappa shape index (κ3) is 7.17. The Bertz CT molecular complexity index is 1110. The number of carbonyl (C=O) groups is 1. The number of aliphatic hydroxyl groups is 2. The number of nitrogens with zero attached hydrogens (tertiary/aromatic N) is 3. The van der Waals surface area contributed by atoms with Gasteiger partial charge >= 0.3 is 0 Å². The minimum Gasteiger partial charge on any atom is -0.395 e. The van der Waals surface area contributed by atoms with Crippen molar-refractivity contribution in [3.63, 3.8) is 0 Å². The highest BCUT2D eigenvalue weighted by atomic mass is 32.2. The van der Waals surface area contributed by atoms with Crippen molar-refractivity contribution in [3.05, 3.63) is 40.3 Å². The zero-order valence-corrected chi connectivity index (χ0v) is 21.3. The van der Waals surface area contributed by atoms with Crippen LogP contribution in [0.25, 0.3) is 0 Å². The lowest BCUT2D eigenvalue weighted by atomic mass is 10.1. The van der Waals surface area contributed by atoms with Crippen molar-refractivity contribution in [2.75, 3.05) is 62.7 Å². The number of hydrogen-bond acceptors (Lipinski definition) is 10. The molecular formula is C22H31F2N5O5S2. The molecule has 1 saturated heterocycles. The van der Waals surface area contributed by atoms with Crippen molar-refractivity contribution in [1.29, 1.82) is 0 Å². The van der Waals surface area contributed by atoms with Gasteiger partial charge in [0.05, 0.1) is 24.5 Å². The van der Waals surface area contributed by atoms with Crippen LogP contribution in [0.3, 0.4) is 0 Å². The van der Waals surface area contributed by atoms with E-state index in [1.807, 2.05) is 4.90 Å². The number of aliphatic hydroxyl groups excluding tert-OH is 2. The number of thiazole rings is 1. The van der Waals surface area contributed by atoms with E-state index in [4.69, 9.17) is 15.9 Å². The Morgan fingerprint density at radius 3 is 2.36 bits per heavy atom. The predicted octanol–water partition coefficient (Wildman–Crippen LogP) is 1.12. The van der Waals surface area contributed by atoms with Crippen LogP contribution < -0.4 is 11.1 Å². The molecule has 1 aromatic heterocycles. The molecule has 0 bridgehead atoms. The number of hydrogen-bond donors (Lipinski definition) is 4. The molecule has 2 heterocycles. The molecule has 0 spiro atoms. The molecule has 36 heavy (non-hydrogen) atoms. The molecule has 1 aromatic carbocycles. The van der Waals surface area contributed by atoms with E-state index in [0.29, 0.717) is 57.1 Å². The zero-order chi connectivity index (χ0) is 26.3. The van der Waals surface area contributed by atoms with Crippen LogP contribution in [0.2, 0.25) is 0 Å². The van der Waals surface area contributed by atoms with Crippen molar-refractivity contribution in [3.8, 4) is 0 Å². The summed E-state index contributed by atoms with van der Waals surface area (Å²) in [4.78, 5) is 18.5. The molecule has 0 unspecified atom stereocenters. The molecule has 14 heteroatoms. The van der Waals surface area contributed by atoms with E-state index in [9.17, 15) is 22.0 Å². The number of nitrogens with two attached hydrogens (primary N) is 1. The number of anilines is 2. The number of aromatic nitrogens is 1. The molecule has 1 aliphatic heterocycles. The first-order valence-corrected chi connectivity index (χ1v) is 14.0. The fraction of sp³-hybridized carbons (Fsp3) is 0.545. The number of carbonyl (C=O) groups excluding carboxylic acids is 1. The van der Waals surface area contributed by atoms with Gasteiger partial charge < -0.3 is 21.3 Å². The van der Waals surface area contributed by atoms with Gasteiger partial charge in [0.2, 0.25) is 15.8 Å². The van der Waals surface area contributed by atoms with Gasteiger partial charge in [-0.2, -0.15) is 0 Å². The predicted molar refractivity (Wildman–Crippen MR) is 134 cm³/mol. The Hall–Kier alpha value is -2.23. The second-order valence-electron chi connectivity index (χ2n) is 8.44. The van der Waals surface area contributed by atoms with E-state index in [-0.39, 0.29) is 35.7 Å². The van der Waals surface area contributed by atoms with Crippen LogP contribution >= 0.6 is 11.3 Å². The Balaban J connectivity index is 1.53. The molecule has 1 fully saturated rings. The van der Waals surface area contributed by atoms with Crippen LogP contribution in [0.15, 0.2) is 18.2 Å². The van der Waals surface area contributed by atoms with Gasteiger partial charge in [0.15, 0.2) is 5.13 Å². The Kier molecular flexibility index (Phi) is 10.1. The van der Waals surface area contributed by atoms with Gasteiger partial charge in [-0.25, -0.2) is 26.5 Å². The third-order valence-electron chi connectivity index (χ3n) is 5.93. The average Bonchev–Trinajstić information content (AvgIpc) is 3.19. The van der Waals surface area contributed by atoms with Crippen LogP contribution in [0.4, 0.5) is 19.7 Å². The summed E-state index contributed by atoms with van der Waals surface area (Å²) in [5.74, 6) is -3.01. The van der Waals surface area contributed by atoms with Gasteiger partial charge in [0.25, 0.3) is 0 Å². The first-order chi connectivity index (χ1) is 17.2. The number of nitrogen functional groups attached to an aromatic ring is 1. The van der Waals surface area contributed by atoms with Crippen molar-refractivity contribution in [2.24, 2.45) is 0 Å². The summed E-state index contributed by atoms with van der Waals surface area (Å²) in [6.45, 7) is 1.71. The average molecular weight is 548 g/mol. The summed E-state index contributed by atoms with van der Waals surface area (Å²) < 4.78 is 54.9. The van der Waals surface area contributed by atoms with Crippen LogP contribution in [0.1, 0.15) is 34.5 Å². The van der Waals surface area contributed by atoms with Crippen LogP contribution in [0.5, 0.6) is 0 Å². The summed E-state index contributed by atoms with van der Waals surface area (Å²) >= 11 is 0.899. The number of piperidine rings is 1. The molecule has 10 nitrogen and oxygen atoms in total. The summed E-state index contributed by atoms with van der Waals surface area (Å²) in [6.07, 6.45) is 1.40. The second kappa shape index (κ2) is 12.8. The van der Waals surface area contributed by atoms with Gasteiger partial charge in [0.1, 0.15) is 22.3 Å². The van der Waals surface area contributed by atoms with Crippen LogP contribution in [0, 0.1) is 11.6 Å². The molecular weight excluding hydrogens is 516 g/mol. The first-order valence-electron chi connectivity index (χ1n) is 11.6. The standard InChI is InChI=1S/C22H31F2N5O5S2/c23-16-3-1-4-17(24)18(16)19(32)20-21(25)27-22(35-20)26-15-5-8-29(9-6-15)36(33,34)14-2-7-28(10-12-30)11-13-31/h1,3-4,15,30-31H,2,5-14,25H2,(H,26,27). The quantitative estimate of drug-likeness (QED) is 0.271. The molecule has 0 atom stereocenters. The maximum Gasteiger partial charge on any atom is 0.214 e. The number of halogens is 2. The molecule has 0 aliphatic carbocycles. The highest BCUT2D eigenvalue weighted by molar-refractivity contribution is 7.89. The summed E-state index contributed by atoms with van der Waals surface area (Å²) in [5, 5.41) is 21.6. The van der Waals surface area contributed by atoms with Crippen molar-refractivity contribution in [1.82, 2.24) is 14.2 Å². The Labute approximate surface area is 212 Å². The minimum atomic E-state index is -3.45. The second-order valence-corrected chi connectivity index (χ2v) is 11.5. The smallest absolute Gasteiger partial charge is 0.214 e. The zero-order valence-electron chi connectivity index (χ0n) is 19.7. The molecule has 2 aromatic rings. The lowest BCUT2D eigenvalue weighted by molar-refractivity contribution is 0.103. The lowest BCUT2D eigenvalue weighted by Crippen LogP contribution is -2.43. The summed E-state index contributed by atoms with van der Waals surface area (Å²) in [5.41, 5.74) is 5.16. The maximum absolute atomic E-state index is 14.0. The van der Waals surface area contributed by atoms with E-state index in [1.54, 1.807) is 0 Å². The van der Waals surface area contributed by atoms with E-state index < -0.39 is 33.0 Å². The van der Waals surface area contributed by atoms with Gasteiger partial charge in [-0.3, -0.25) is 9.69 Å². The monoisotopic (exact) mass is 547 g/mol. The highest BCUT2D eigenvalue weighted by Gasteiger charge is 2.29. The molecule has 0 saturated carbocycles. The molecule has 0 amide bonds. The largest absolute Gasteiger partial charge is 0.395 e. The minimum absolute atomic E-state index is 0.0282. The fourth-order valence-electron chi connectivity index (χ4n) is 4.06. The fourth-order valence-corrected chi connectivity index (χ4v) is 6.48. The van der Waals surface area contributed by atoms with Gasteiger partial charge in [0, 0.05) is 32.2 Å². The highest BCUT2D eigenvalue weighted by Crippen LogP contribution is 2.30. The van der Waals surface area contributed by atoms with Crippen molar-refractivity contribution in [2.45, 2.75) is 25.3 Å². The third-order valence-corrected chi connectivity index (χ3v) is 8.89. The molecule has 3 rings (SSSR count). The van der Waals surface area contributed by atoms with Crippen molar-refractivity contribution >= 4 is 38.1 Å². The number of rotatable bonds is 13. The van der Waals surface area contributed by atoms with Crippen LogP contribution in [-0.2, 0) is 10.0 Å². The maximum atomic E-state index is 14.0. The number of sulfonamides is 1. The van der Waals surface area contributed by atoms with Gasteiger partial charge in [-0.1, -0.05) is 17.4 Å². The van der Waals surface area contributed by atoms with Gasteiger partial charge in [-0.05, 0) is 37.9 Å². The van der Waals surface area contributed by atoms with Crippen molar-refractivity contribution < 1.29 is 32.2 Å². The van der Waals surface area contributed by atoms with E-state index in [0.717, 1.165) is 23.5 Å². The summed E-state index contributed by atoms with van der Waals surface area (Å²) in [6, 6.07) is 3.05. The topological polar surface area (TPSA) is 149 Å². The number of ketones is 1. The lowest BCUT2D eigenvalue weighted by Gasteiger charge is -2.31. The van der Waals surface area contributed by atoms with Crippen LogP contribution in [-0.4, -0.2) is 96.3 Å². The van der Waals surface area contributed by atoms with E-state index in [2.05, 4.69) is 10.3 Å². The van der Waals surface area contributed by atoms with Gasteiger partial charge in [-0.15, -0.1) is 0 Å². The number of benzene rings is 1.